The van der Waals surface area contributed by atoms with Gasteiger partial charge in [-0.1, -0.05) is 12.1 Å². The Bertz CT molecular complexity index is 441. The Labute approximate surface area is 84.8 Å². The highest BCUT2D eigenvalue weighted by atomic mass is 32.2. The van der Waals surface area contributed by atoms with Crippen LogP contribution in [-0.2, 0) is 15.9 Å². The molecule has 0 saturated heterocycles. The number of nitrogens with two attached hydrogens (primary N) is 1. The minimum Gasteiger partial charge on any atom is -0.229 e. The Morgan fingerprint density at radius 2 is 1.67 bits per heavy atom. The Morgan fingerprint density at radius 1 is 1.20 bits per heavy atom. The summed E-state index contributed by atoms with van der Waals surface area (Å²) in [5, 5.41) is 4.51. The van der Waals surface area contributed by atoms with Crippen molar-refractivity contribution in [2.45, 2.75) is 5.92 Å². The number of halogens is 3. The molecule has 1 aromatic rings. The monoisotopic (exact) mass is 239 g/mol. The maximum atomic E-state index is 13.2. The van der Waals surface area contributed by atoms with Gasteiger partial charge in [0.15, 0.2) is 0 Å². The molecule has 84 valence electrons. The first-order valence-electron chi connectivity index (χ1n) is 3.85. The number of primary sulfonamides is 1. The molecule has 0 spiro atoms. The van der Waals surface area contributed by atoms with E-state index in [1.165, 1.54) is 0 Å². The van der Waals surface area contributed by atoms with Crippen LogP contribution in [-0.4, -0.2) is 14.2 Å². The van der Waals surface area contributed by atoms with Crippen molar-refractivity contribution in [3.63, 3.8) is 0 Å². The molecule has 3 nitrogen and oxygen atoms in total. The molecule has 0 saturated carbocycles. The van der Waals surface area contributed by atoms with Crippen molar-refractivity contribution < 1.29 is 21.6 Å². The molecule has 0 unspecified atom stereocenters. The molecular formula is C8H8F3NO2S. The number of rotatable bonds is 3. The second kappa shape index (κ2) is 3.82. The Morgan fingerprint density at radius 3 is 2.07 bits per heavy atom. The van der Waals surface area contributed by atoms with Crippen LogP contribution in [0.15, 0.2) is 24.3 Å². The van der Waals surface area contributed by atoms with E-state index in [9.17, 15) is 21.6 Å². The van der Waals surface area contributed by atoms with Crippen molar-refractivity contribution in [3.8, 4) is 0 Å². The van der Waals surface area contributed by atoms with Crippen LogP contribution in [0.4, 0.5) is 13.2 Å². The summed E-state index contributed by atoms with van der Waals surface area (Å²) in [4.78, 5) is 0. The first kappa shape index (κ1) is 12.0. The van der Waals surface area contributed by atoms with Gasteiger partial charge in [-0.15, -0.1) is 0 Å². The van der Waals surface area contributed by atoms with Gasteiger partial charge >= 0.3 is 0 Å². The SMILES string of the molecule is NS(=O)(=O)CC(F)(F)c1ccc(F)cc1. The zero-order chi connectivity index (χ0) is 11.7. The summed E-state index contributed by atoms with van der Waals surface area (Å²) in [6, 6.07) is 3.29. The smallest absolute Gasteiger partial charge is 0.229 e. The molecule has 7 heteroatoms. The van der Waals surface area contributed by atoms with E-state index < -0.39 is 33.1 Å². The number of benzene rings is 1. The second-order valence-electron chi connectivity index (χ2n) is 3.02. The van der Waals surface area contributed by atoms with Gasteiger partial charge in [-0.05, 0) is 12.1 Å². The van der Waals surface area contributed by atoms with Crippen molar-refractivity contribution in [1.29, 1.82) is 0 Å². The fourth-order valence-corrected chi connectivity index (χ4v) is 1.70. The molecule has 0 radical (unpaired) electrons. The van der Waals surface area contributed by atoms with E-state index in [1.807, 2.05) is 0 Å². The van der Waals surface area contributed by atoms with Gasteiger partial charge in [0.2, 0.25) is 10.0 Å². The topological polar surface area (TPSA) is 60.2 Å². The second-order valence-corrected chi connectivity index (χ2v) is 4.63. The maximum Gasteiger partial charge on any atom is 0.288 e. The molecule has 0 aromatic heterocycles. The third-order valence-electron chi connectivity index (χ3n) is 1.65. The summed E-state index contributed by atoms with van der Waals surface area (Å²) in [5.74, 6) is -5.78. The van der Waals surface area contributed by atoms with E-state index in [0.717, 1.165) is 24.3 Å². The minimum absolute atomic E-state index is 0.585. The highest BCUT2D eigenvalue weighted by Gasteiger charge is 2.36. The molecule has 0 aliphatic rings. The van der Waals surface area contributed by atoms with Gasteiger partial charge < -0.3 is 0 Å². The van der Waals surface area contributed by atoms with Crippen molar-refractivity contribution in [2.75, 3.05) is 5.75 Å². The molecule has 1 rings (SSSR count). The molecule has 2 N–H and O–H groups in total. The van der Waals surface area contributed by atoms with Crippen LogP contribution in [0.3, 0.4) is 0 Å². The first-order valence-corrected chi connectivity index (χ1v) is 5.56. The van der Waals surface area contributed by atoms with Crippen LogP contribution in [0.5, 0.6) is 0 Å². The number of hydrogen-bond donors (Lipinski definition) is 1. The fourth-order valence-electron chi connectivity index (χ4n) is 1.03. The van der Waals surface area contributed by atoms with Crippen LogP contribution < -0.4 is 5.14 Å². The van der Waals surface area contributed by atoms with E-state index in [-0.39, 0.29) is 0 Å². The summed E-state index contributed by atoms with van der Waals surface area (Å²) in [7, 11) is -4.28. The third-order valence-corrected chi connectivity index (χ3v) is 2.41. The van der Waals surface area contributed by atoms with Crippen molar-refractivity contribution in [2.24, 2.45) is 5.14 Å². The fraction of sp³-hybridized carbons (Fsp3) is 0.250. The highest BCUT2D eigenvalue weighted by molar-refractivity contribution is 7.89. The van der Waals surface area contributed by atoms with Crippen molar-refractivity contribution in [3.05, 3.63) is 35.6 Å². The van der Waals surface area contributed by atoms with Crippen LogP contribution in [0.1, 0.15) is 5.56 Å². The standard InChI is InChI=1S/C8H8F3NO2S/c9-7-3-1-6(2-4-7)8(10,11)5-15(12,13)14/h1-4H,5H2,(H2,12,13,14). The quantitative estimate of drug-likeness (QED) is 0.861. The molecule has 0 aliphatic carbocycles. The lowest BCUT2D eigenvalue weighted by molar-refractivity contribution is 0.0213. The molecular weight excluding hydrogens is 231 g/mol. The van der Waals surface area contributed by atoms with Crippen LogP contribution in [0.25, 0.3) is 0 Å². The van der Waals surface area contributed by atoms with Crippen molar-refractivity contribution >= 4 is 10.0 Å². The zero-order valence-corrected chi connectivity index (χ0v) is 8.27. The van der Waals surface area contributed by atoms with Gasteiger partial charge in [0.25, 0.3) is 5.92 Å². The summed E-state index contributed by atoms with van der Waals surface area (Å²) in [6.45, 7) is 0. The lowest BCUT2D eigenvalue weighted by atomic mass is 10.1. The number of sulfonamides is 1. The zero-order valence-electron chi connectivity index (χ0n) is 7.45. The average molecular weight is 239 g/mol. The Hall–Kier alpha value is -1.08. The summed E-state index contributed by atoms with van der Waals surface area (Å²) in [5.41, 5.74) is -0.585. The van der Waals surface area contributed by atoms with Crippen LogP contribution in [0, 0.1) is 5.82 Å². The number of hydrogen-bond acceptors (Lipinski definition) is 2. The molecule has 0 aliphatic heterocycles. The van der Waals surface area contributed by atoms with Gasteiger partial charge in [0.05, 0.1) is 0 Å². The van der Waals surface area contributed by atoms with E-state index in [1.54, 1.807) is 0 Å². The molecule has 0 heterocycles. The van der Waals surface area contributed by atoms with Gasteiger partial charge in [0.1, 0.15) is 11.6 Å². The largest absolute Gasteiger partial charge is 0.288 e. The van der Waals surface area contributed by atoms with Gasteiger partial charge in [-0.2, -0.15) is 0 Å². The van der Waals surface area contributed by atoms with E-state index in [2.05, 4.69) is 5.14 Å². The minimum atomic E-state index is -4.28. The van der Waals surface area contributed by atoms with Crippen LogP contribution in [0.2, 0.25) is 0 Å². The average Bonchev–Trinajstić information content (AvgIpc) is 2.00. The molecule has 1 aromatic carbocycles. The summed E-state index contributed by atoms with van der Waals surface area (Å²) in [6.07, 6.45) is 0. The lowest BCUT2D eigenvalue weighted by Gasteiger charge is -2.14. The predicted octanol–water partition coefficient (Wildman–Crippen LogP) is 1.21. The molecule has 15 heavy (non-hydrogen) atoms. The van der Waals surface area contributed by atoms with E-state index >= 15 is 0 Å². The summed E-state index contributed by atoms with van der Waals surface area (Å²) >= 11 is 0. The Balaban J connectivity index is 3.00. The first-order chi connectivity index (χ1) is 6.71. The van der Waals surface area contributed by atoms with E-state index in [4.69, 9.17) is 0 Å². The van der Waals surface area contributed by atoms with Gasteiger partial charge in [0, 0.05) is 5.56 Å². The molecule has 0 fully saturated rings. The normalized spacial score (nSPS) is 12.8. The van der Waals surface area contributed by atoms with Gasteiger partial charge in [-0.3, -0.25) is 0 Å². The molecule has 0 bridgehead atoms. The highest BCUT2D eigenvalue weighted by Crippen LogP contribution is 2.28. The third kappa shape index (κ3) is 3.52. The van der Waals surface area contributed by atoms with Crippen molar-refractivity contribution in [1.82, 2.24) is 0 Å². The van der Waals surface area contributed by atoms with E-state index in [0.29, 0.717) is 0 Å². The van der Waals surface area contributed by atoms with Crippen LogP contribution >= 0.6 is 0 Å². The lowest BCUT2D eigenvalue weighted by Crippen LogP contribution is -2.30. The number of alkyl halides is 2. The molecule has 0 amide bonds. The predicted molar refractivity (Wildman–Crippen MR) is 48.3 cm³/mol. The van der Waals surface area contributed by atoms with Gasteiger partial charge in [-0.25, -0.2) is 26.7 Å². The molecule has 0 atom stereocenters. The maximum absolute atomic E-state index is 13.2. The Kier molecular flexibility index (Phi) is 3.05. The summed E-state index contributed by atoms with van der Waals surface area (Å²) < 4.78 is 59.9.